The molecule has 1 aromatic heterocycles. The van der Waals surface area contributed by atoms with Crippen LogP contribution in [-0.4, -0.2) is 18.7 Å². The highest BCUT2D eigenvalue weighted by Gasteiger charge is 2.30. The van der Waals surface area contributed by atoms with Gasteiger partial charge in [0.05, 0.1) is 23.5 Å². The summed E-state index contributed by atoms with van der Waals surface area (Å²) in [5.74, 6) is -1.91. The van der Waals surface area contributed by atoms with Crippen molar-refractivity contribution in [1.29, 1.82) is 0 Å². The summed E-state index contributed by atoms with van der Waals surface area (Å²) in [7, 11) is 1.77. The third kappa shape index (κ3) is 2.08. The van der Waals surface area contributed by atoms with Crippen LogP contribution in [0.5, 0.6) is 0 Å². The lowest BCUT2D eigenvalue weighted by Gasteiger charge is -2.20. The van der Waals surface area contributed by atoms with E-state index in [1.807, 2.05) is 17.5 Å². The summed E-state index contributed by atoms with van der Waals surface area (Å²) in [6.45, 7) is 0.565. The number of rotatable bonds is 3. The molecule has 0 spiro atoms. The highest BCUT2D eigenvalue weighted by molar-refractivity contribution is 7.09. The lowest BCUT2D eigenvalue weighted by atomic mass is 10.1. The maximum atomic E-state index is 14.1. The van der Waals surface area contributed by atoms with Gasteiger partial charge in [-0.1, -0.05) is 6.07 Å². The van der Waals surface area contributed by atoms with Crippen LogP contribution in [0.3, 0.4) is 0 Å². The van der Waals surface area contributed by atoms with Crippen molar-refractivity contribution in [2.75, 3.05) is 17.3 Å². The number of nitrogens with zero attached hydrogens (tertiary/aromatic N) is 1. The summed E-state index contributed by atoms with van der Waals surface area (Å²) in [4.78, 5) is 25.6. The van der Waals surface area contributed by atoms with Gasteiger partial charge in [-0.15, -0.1) is 11.3 Å². The zero-order valence-electron chi connectivity index (χ0n) is 10.6. The number of hydrogen-bond donors (Lipinski definition) is 1. The third-order valence-corrected chi connectivity index (χ3v) is 4.03. The minimum atomic E-state index is -0.711. The van der Waals surface area contributed by atoms with Crippen molar-refractivity contribution < 1.29 is 14.0 Å². The Morgan fingerprint density at radius 1 is 1.35 bits per heavy atom. The van der Waals surface area contributed by atoms with Crippen LogP contribution in [0, 0.1) is 5.82 Å². The Balaban J connectivity index is 1.93. The molecular weight excluding hydrogens is 279 g/mol. The molecule has 1 aliphatic rings. The van der Waals surface area contributed by atoms with E-state index in [2.05, 4.69) is 5.32 Å². The Kier molecular flexibility index (Phi) is 3.02. The second kappa shape index (κ2) is 4.72. The lowest BCUT2D eigenvalue weighted by Crippen LogP contribution is -2.17. The van der Waals surface area contributed by atoms with E-state index in [0.29, 0.717) is 17.9 Å². The number of hydrogen-bond acceptors (Lipinski definition) is 4. The number of anilines is 2. The molecule has 0 saturated carbocycles. The molecular formula is C14H11FN2O2S. The van der Waals surface area contributed by atoms with Crippen molar-refractivity contribution in [3.05, 3.63) is 45.9 Å². The van der Waals surface area contributed by atoms with E-state index in [1.54, 1.807) is 23.3 Å². The highest BCUT2D eigenvalue weighted by Crippen LogP contribution is 2.31. The predicted octanol–water partition coefficient (Wildman–Crippen LogP) is 2.66. The van der Waals surface area contributed by atoms with Crippen LogP contribution in [-0.2, 0) is 11.3 Å². The highest BCUT2D eigenvalue weighted by atomic mass is 32.1. The number of benzene rings is 1. The number of thiophene rings is 1. The number of ketones is 1. The smallest absolute Gasteiger partial charge is 0.296 e. The molecule has 0 bridgehead atoms. The van der Waals surface area contributed by atoms with E-state index in [9.17, 15) is 14.0 Å². The van der Waals surface area contributed by atoms with Crippen molar-refractivity contribution in [2.45, 2.75) is 6.54 Å². The summed E-state index contributed by atoms with van der Waals surface area (Å²) in [5.41, 5.74) is 0.822. The maximum Gasteiger partial charge on any atom is 0.296 e. The zero-order chi connectivity index (χ0) is 14.3. The maximum absolute atomic E-state index is 14.1. The number of nitrogens with one attached hydrogen (secondary N) is 1. The molecule has 0 atom stereocenters. The molecule has 0 radical (unpaired) electrons. The summed E-state index contributed by atoms with van der Waals surface area (Å²) in [5, 5.41) is 4.41. The fraction of sp³-hybridized carbons (Fsp3) is 0.143. The molecule has 1 N–H and O–H groups in total. The molecule has 0 fully saturated rings. The fourth-order valence-electron chi connectivity index (χ4n) is 2.17. The van der Waals surface area contributed by atoms with Crippen molar-refractivity contribution in [1.82, 2.24) is 0 Å². The van der Waals surface area contributed by atoms with Crippen molar-refractivity contribution in [2.24, 2.45) is 0 Å². The van der Waals surface area contributed by atoms with E-state index in [1.165, 1.54) is 6.07 Å². The Morgan fingerprint density at radius 3 is 2.85 bits per heavy atom. The number of halogens is 1. The van der Waals surface area contributed by atoms with E-state index in [-0.39, 0.29) is 5.56 Å². The molecule has 102 valence electrons. The molecule has 2 aromatic rings. The van der Waals surface area contributed by atoms with Gasteiger partial charge in [-0.25, -0.2) is 4.39 Å². The van der Waals surface area contributed by atoms with Gasteiger partial charge in [-0.2, -0.15) is 0 Å². The average Bonchev–Trinajstić information content (AvgIpc) is 3.00. The van der Waals surface area contributed by atoms with Crippen LogP contribution in [0.15, 0.2) is 29.6 Å². The van der Waals surface area contributed by atoms with Crippen LogP contribution >= 0.6 is 11.3 Å². The molecule has 1 aromatic carbocycles. The van der Waals surface area contributed by atoms with Crippen LogP contribution in [0.25, 0.3) is 0 Å². The Hall–Kier alpha value is -2.21. The third-order valence-electron chi connectivity index (χ3n) is 3.17. The first-order chi connectivity index (χ1) is 9.56. The number of Topliss-reactive ketones (excluding diaryl/α,β-unsaturated/α-hetero) is 1. The SMILES string of the molecule is CN(Cc1cccs1)c1cc2c(cc1F)C(=O)C(=O)N2. The summed E-state index contributed by atoms with van der Waals surface area (Å²) < 4.78 is 14.1. The van der Waals surface area contributed by atoms with E-state index >= 15 is 0 Å². The first kappa shape index (κ1) is 12.8. The van der Waals surface area contributed by atoms with Crippen molar-refractivity contribution in [3.63, 3.8) is 0 Å². The summed E-state index contributed by atoms with van der Waals surface area (Å²) in [6.07, 6.45) is 0. The molecule has 1 aliphatic heterocycles. The largest absolute Gasteiger partial charge is 0.367 e. The quantitative estimate of drug-likeness (QED) is 0.884. The molecule has 0 aliphatic carbocycles. The number of amides is 1. The monoisotopic (exact) mass is 290 g/mol. The molecule has 4 nitrogen and oxygen atoms in total. The standard InChI is InChI=1S/C14H11FN2O2S/c1-17(7-8-3-2-4-20-8)12-6-11-9(5-10(12)15)13(18)14(19)16-11/h2-6H,7H2,1H3,(H,16,18,19). The number of carbonyl (C=O) groups is 2. The molecule has 0 unspecified atom stereocenters. The van der Waals surface area contributed by atoms with E-state index in [0.717, 1.165) is 10.9 Å². The van der Waals surface area contributed by atoms with Gasteiger partial charge >= 0.3 is 0 Å². The average molecular weight is 290 g/mol. The first-order valence-electron chi connectivity index (χ1n) is 5.99. The van der Waals surface area contributed by atoms with Crippen molar-refractivity contribution in [3.8, 4) is 0 Å². The van der Waals surface area contributed by atoms with Crippen LogP contribution in [0.4, 0.5) is 15.8 Å². The molecule has 3 rings (SSSR count). The zero-order valence-corrected chi connectivity index (χ0v) is 11.5. The van der Waals surface area contributed by atoms with Crippen LogP contribution < -0.4 is 10.2 Å². The predicted molar refractivity (Wildman–Crippen MR) is 75.8 cm³/mol. The first-order valence-corrected chi connectivity index (χ1v) is 6.87. The molecule has 20 heavy (non-hydrogen) atoms. The van der Waals surface area contributed by atoms with Gasteiger partial charge in [-0.3, -0.25) is 9.59 Å². The Labute approximate surface area is 118 Å². The molecule has 0 saturated heterocycles. The van der Waals surface area contributed by atoms with Crippen LogP contribution in [0.2, 0.25) is 0 Å². The van der Waals surface area contributed by atoms with Gasteiger partial charge < -0.3 is 10.2 Å². The Morgan fingerprint density at radius 2 is 2.15 bits per heavy atom. The van der Waals surface area contributed by atoms with Gasteiger partial charge in [0.1, 0.15) is 5.82 Å². The lowest BCUT2D eigenvalue weighted by molar-refractivity contribution is -0.112. The summed E-state index contributed by atoms with van der Waals surface area (Å²) in [6, 6.07) is 6.53. The Bertz CT molecular complexity index is 697. The fourth-order valence-corrected chi connectivity index (χ4v) is 2.93. The van der Waals surface area contributed by atoms with Gasteiger partial charge in [0, 0.05) is 11.9 Å². The second-order valence-electron chi connectivity index (χ2n) is 4.57. The van der Waals surface area contributed by atoms with Gasteiger partial charge in [0.25, 0.3) is 11.7 Å². The minimum absolute atomic E-state index is 0.0979. The summed E-state index contributed by atoms with van der Waals surface area (Å²) >= 11 is 1.59. The van der Waals surface area contributed by atoms with Gasteiger partial charge in [-0.05, 0) is 23.6 Å². The number of carbonyl (C=O) groups excluding carboxylic acids is 2. The molecule has 1 amide bonds. The van der Waals surface area contributed by atoms with Crippen molar-refractivity contribution >= 4 is 34.4 Å². The van der Waals surface area contributed by atoms with E-state index in [4.69, 9.17) is 0 Å². The minimum Gasteiger partial charge on any atom is -0.367 e. The second-order valence-corrected chi connectivity index (χ2v) is 5.60. The van der Waals surface area contributed by atoms with Gasteiger partial charge in [0.2, 0.25) is 0 Å². The van der Waals surface area contributed by atoms with Crippen LogP contribution in [0.1, 0.15) is 15.2 Å². The molecule has 6 heteroatoms. The number of fused-ring (bicyclic) bond motifs is 1. The molecule has 2 heterocycles. The topological polar surface area (TPSA) is 49.4 Å². The van der Waals surface area contributed by atoms with Gasteiger partial charge in [0.15, 0.2) is 0 Å². The van der Waals surface area contributed by atoms with E-state index < -0.39 is 17.5 Å². The normalized spacial score (nSPS) is 13.3.